The van der Waals surface area contributed by atoms with E-state index < -0.39 is 15.9 Å². The minimum atomic E-state index is -3.24. The van der Waals surface area contributed by atoms with E-state index in [1.54, 1.807) is 23.1 Å². The van der Waals surface area contributed by atoms with Crippen LogP contribution < -0.4 is 4.90 Å². The number of nitrogens with zero attached hydrogens (tertiary/aromatic N) is 2. The number of fused-ring (bicyclic) bond motifs is 1. The number of sulfone groups is 1. The maximum atomic E-state index is 13.9. The van der Waals surface area contributed by atoms with E-state index in [0.29, 0.717) is 24.2 Å². The molecule has 2 atom stereocenters. The number of carbonyl (C=O) groups is 1. The molecule has 0 saturated carbocycles. The molecule has 2 aromatic carbocycles. The van der Waals surface area contributed by atoms with E-state index >= 15 is 0 Å². The van der Waals surface area contributed by atoms with Crippen molar-refractivity contribution in [1.82, 2.24) is 4.90 Å². The van der Waals surface area contributed by atoms with Gasteiger partial charge < -0.3 is 4.90 Å². The van der Waals surface area contributed by atoms with Gasteiger partial charge in [0.2, 0.25) is 5.91 Å². The third-order valence-electron chi connectivity index (χ3n) is 5.43. The van der Waals surface area contributed by atoms with E-state index in [1.807, 2.05) is 29.2 Å². The summed E-state index contributed by atoms with van der Waals surface area (Å²) in [4.78, 5) is 16.5. The van der Waals surface area contributed by atoms with E-state index in [2.05, 4.69) is 15.9 Å². The number of rotatable bonds is 4. The van der Waals surface area contributed by atoms with Crippen molar-refractivity contribution in [3.05, 3.63) is 64.4 Å². The monoisotopic (exact) mass is 466 g/mol. The molecule has 0 spiro atoms. The number of hydrogen-bond donors (Lipinski definition) is 0. The Bertz CT molecular complexity index is 997. The third kappa shape index (κ3) is 3.86. The van der Waals surface area contributed by atoms with E-state index in [1.165, 1.54) is 6.07 Å². The highest BCUT2D eigenvalue weighted by Crippen LogP contribution is 2.32. The molecule has 2 aliphatic heterocycles. The Morgan fingerprint density at radius 2 is 1.71 bits per heavy atom. The van der Waals surface area contributed by atoms with Crippen LogP contribution in [0.5, 0.6) is 0 Å². The molecule has 0 aliphatic carbocycles. The molecule has 1 amide bonds. The average molecular weight is 467 g/mol. The van der Waals surface area contributed by atoms with Gasteiger partial charge in [0.25, 0.3) is 0 Å². The van der Waals surface area contributed by atoms with Gasteiger partial charge in [0.15, 0.2) is 9.84 Å². The lowest BCUT2D eigenvalue weighted by Gasteiger charge is -2.43. The molecule has 8 heteroatoms. The Morgan fingerprint density at radius 1 is 1.04 bits per heavy atom. The molecule has 0 N–H and O–H groups in total. The van der Waals surface area contributed by atoms with Crippen LogP contribution in [0, 0.1) is 5.82 Å². The second-order valence-electron chi connectivity index (χ2n) is 7.26. The van der Waals surface area contributed by atoms with E-state index in [-0.39, 0.29) is 35.8 Å². The topological polar surface area (TPSA) is 57.7 Å². The molecule has 0 aromatic heterocycles. The zero-order chi connectivity index (χ0) is 19.9. The fourth-order valence-corrected chi connectivity index (χ4v) is 6.35. The van der Waals surface area contributed by atoms with Gasteiger partial charge in [-0.15, -0.1) is 0 Å². The first-order chi connectivity index (χ1) is 13.3. The minimum Gasteiger partial charge on any atom is -0.306 e. The summed E-state index contributed by atoms with van der Waals surface area (Å²) in [7, 11) is -3.24. The van der Waals surface area contributed by atoms with Crippen LogP contribution in [0.3, 0.4) is 0 Å². The highest BCUT2D eigenvalue weighted by Gasteiger charge is 2.49. The second kappa shape index (κ2) is 7.57. The number of hydrogen-bond acceptors (Lipinski definition) is 4. The highest BCUT2D eigenvalue weighted by molar-refractivity contribution is 9.10. The fourth-order valence-electron chi connectivity index (χ4n) is 4.11. The smallest absolute Gasteiger partial charge is 0.241 e. The molecule has 4 rings (SSSR count). The van der Waals surface area contributed by atoms with Gasteiger partial charge in [-0.3, -0.25) is 9.69 Å². The first-order valence-electron chi connectivity index (χ1n) is 9.09. The molecule has 2 heterocycles. The largest absolute Gasteiger partial charge is 0.306 e. The number of piperazine rings is 1. The third-order valence-corrected chi connectivity index (χ3v) is 7.66. The standard InChI is InChI=1S/C20H20BrFN2O3S/c21-15-5-7-16(8-6-15)24-19-13-28(26,27)12-18(19)23(11-20(24)25)10-9-14-3-1-2-4-17(14)22/h1-8,18-19H,9-13H2/t18-,19+/m1/s1. The van der Waals surface area contributed by atoms with Crippen molar-refractivity contribution in [2.24, 2.45) is 0 Å². The van der Waals surface area contributed by atoms with Crippen molar-refractivity contribution < 1.29 is 17.6 Å². The van der Waals surface area contributed by atoms with Crippen LogP contribution in [0.15, 0.2) is 53.0 Å². The van der Waals surface area contributed by atoms with Crippen molar-refractivity contribution in [2.45, 2.75) is 18.5 Å². The van der Waals surface area contributed by atoms with E-state index in [0.717, 1.165) is 4.47 Å². The van der Waals surface area contributed by atoms with Crippen LogP contribution in [0.25, 0.3) is 0 Å². The van der Waals surface area contributed by atoms with Gasteiger partial charge in [0.1, 0.15) is 5.82 Å². The summed E-state index contributed by atoms with van der Waals surface area (Å²) in [5, 5.41) is 0. The molecule has 2 aromatic rings. The van der Waals surface area contributed by atoms with Crippen LogP contribution in [-0.4, -0.2) is 55.9 Å². The Hall–Kier alpha value is -1.77. The van der Waals surface area contributed by atoms with Gasteiger partial charge in [-0.1, -0.05) is 34.1 Å². The average Bonchev–Trinajstić information content (AvgIpc) is 2.97. The number of benzene rings is 2. The number of halogens is 2. The molecule has 2 fully saturated rings. The molecule has 0 unspecified atom stereocenters. The van der Waals surface area contributed by atoms with E-state index in [9.17, 15) is 17.6 Å². The minimum absolute atomic E-state index is 0.0231. The van der Waals surface area contributed by atoms with Crippen molar-refractivity contribution >= 4 is 37.4 Å². The Balaban J connectivity index is 1.59. The zero-order valence-corrected chi connectivity index (χ0v) is 17.5. The first kappa shape index (κ1) is 19.5. The van der Waals surface area contributed by atoms with Gasteiger partial charge >= 0.3 is 0 Å². The summed E-state index contributed by atoms with van der Waals surface area (Å²) < 4.78 is 39.6. The van der Waals surface area contributed by atoms with Crippen LogP contribution in [0.4, 0.5) is 10.1 Å². The quantitative estimate of drug-likeness (QED) is 0.694. The maximum absolute atomic E-state index is 13.9. The molecule has 148 valence electrons. The van der Waals surface area contributed by atoms with Gasteiger partial charge in [0, 0.05) is 22.7 Å². The van der Waals surface area contributed by atoms with Gasteiger partial charge in [-0.25, -0.2) is 12.8 Å². The molecule has 0 radical (unpaired) electrons. The summed E-state index contributed by atoms with van der Waals surface area (Å²) in [5.41, 5.74) is 1.27. The van der Waals surface area contributed by atoms with Crippen LogP contribution in [-0.2, 0) is 21.1 Å². The van der Waals surface area contributed by atoms with Crippen LogP contribution in [0.1, 0.15) is 5.56 Å². The van der Waals surface area contributed by atoms with E-state index in [4.69, 9.17) is 0 Å². The zero-order valence-electron chi connectivity index (χ0n) is 15.1. The van der Waals surface area contributed by atoms with Crippen LogP contribution >= 0.6 is 15.9 Å². The molecule has 2 aliphatic rings. The Kier molecular flexibility index (Phi) is 5.28. The Labute approximate surface area is 172 Å². The highest BCUT2D eigenvalue weighted by atomic mass is 79.9. The van der Waals surface area contributed by atoms with Crippen molar-refractivity contribution in [3.8, 4) is 0 Å². The Morgan fingerprint density at radius 3 is 2.43 bits per heavy atom. The second-order valence-corrected chi connectivity index (χ2v) is 10.3. The number of anilines is 1. The summed E-state index contributed by atoms with van der Waals surface area (Å²) in [6.45, 7) is 0.568. The van der Waals surface area contributed by atoms with Gasteiger partial charge in [-0.05, 0) is 42.3 Å². The molecule has 28 heavy (non-hydrogen) atoms. The summed E-state index contributed by atoms with van der Waals surface area (Å²) >= 11 is 3.38. The predicted octanol–water partition coefficient (Wildman–Crippen LogP) is 2.65. The summed E-state index contributed by atoms with van der Waals surface area (Å²) in [5.74, 6) is -0.433. The lowest BCUT2D eigenvalue weighted by molar-refractivity contribution is -0.123. The molecule has 5 nitrogen and oxygen atoms in total. The number of carbonyl (C=O) groups excluding carboxylic acids is 1. The molecule has 2 saturated heterocycles. The van der Waals surface area contributed by atoms with Crippen molar-refractivity contribution in [1.29, 1.82) is 0 Å². The lowest BCUT2D eigenvalue weighted by Crippen LogP contribution is -2.62. The fraction of sp³-hybridized carbons (Fsp3) is 0.350. The maximum Gasteiger partial charge on any atom is 0.241 e. The van der Waals surface area contributed by atoms with Crippen molar-refractivity contribution in [3.63, 3.8) is 0 Å². The van der Waals surface area contributed by atoms with Crippen molar-refractivity contribution in [2.75, 3.05) is 29.5 Å². The normalized spacial score (nSPS) is 24.4. The number of amides is 1. The van der Waals surface area contributed by atoms with Gasteiger partial charge in [-0.2, -0.15) is 0 Å². The van der Waals surface area contributed by atoms with Crippen LogP contribution in [0.2, 0.25) is 0 Å². The summed E-state index contributed by atoms with van der Waals surface area (Å²) in [6.07, 6.45) is 0.432. The van der Waals surface area contributed by atoms with Gasteiger partial charge in [0.05, 0.1) is 24.1 Å². The SMILES string of the molecule is O=C1CN(CCc2ccccc2F)[C@@H]2CS(=O)(=O)C[C@@H]2N1c1ccc(Br)cc1. The molecular formula is C20H20BrFN2O3S. The molecular weight excluding hydrogens is 447 g/mol. The molecule has 0 bridgehead atoms. The lowest BCUT2D eigenvalue weighted by atomic mass is 10.0. The first-order valence-corrected chi connectivity index (χ1v) is 11.7. The predicted molar refractivity (Wildman–Crippen MR) is 110 cm³/mol. The summed E-state index contributed by atoms with van der Waals surface area (Å²) in [6, 6.07) is 13.2.